The number of piperazine rings is 1. The van der Waals surface area contributed by atoms with Crippen LogP contribution in [0.2, 0.25) is 0 Å². The summed E-state index contributed by atoms with van der Waals surface area (Å²) in [5, 5.41) is 0. The number of hydrogen-bond acceptors (Lipinski definition) is 9. The number of aromatic nitrogens is 4. The van der Waals surface area contributed by atoms with Gasteiger partial charge in [0.05, 0.1) is 26.2 Å². The lowest BCUT2D eigenvalue weighted by atomic mass is 10.00. The molecule has 1 atom stereocenters. The predicted molar refractivity (Wildman–Crippen MR) is 115 cm³/mol. The van der Waals surface area contributed by atoms with Gasteiger partial charge in [0.1, 0.15) is 5.69 Å². The summed E-state index contributed by atoms with van der Waals surface area (Å²) in [6, 6.07) is 6.28. The van der Waals surface area contributed by atoms with Gasteiger partial charge in [-0.05, 0) is 31.5 Å². The van der Waals surface area contributed by atoms with Crippen molar-refractivity contribution in [3.05, 3.63) is 30.7 Å². The summed E-state index contributed by atoms with van der Waals surface area (Å²) < 4.78 is 16.2. The standard InChI is InChI=1S/C22H26N6O3/c1-29-19-12-17(24-22(25-19)30-2)16-13-23-21(26-20(16)18-7-5-11-31-18)28-10-9-27-8-4-3-6-15(27)14-28/h5,7,11-13,15H,3-4,6,8-10,14H2,1-2H3/t15-/m0/s1. The van der Waals surface area contributed by atoms with E-state index >= 15 is 0 Å². The van der Waals surface area contributed by atoms with Gasteiger partial charge >= 0.3 is 6.01 Å². The van der Waals surface area contributed by atoms with E-state index in [1.54, 1.807) is 25.6 Å². The fourth-order valence-corrected chi connectivity index (χ4v) is 4.39. The Bertz CT molecular complexity index is 1020. The summed E-state index contributed by atoms with van der Waals surface area (Å²) in [5.74, 6) is 1.78. The first-order valence-corrected chi connectivity index (χ1v) is 10.6. The number of piperidine rings is 1. The Morgan fingerprint density at radius 1 is 1.06 bits per heavy atom. The smallest absolute Gasteiger partial charge is 0.320 e. The van der Waals surface area contributed by atoms with Crippen molar-refractivity contribution in [3.63, 3.8) is 0 Å². The minimum atomic E-state index is 0.220. The van der Waals surface area contributed by atoms with Crippen molar-refractivity contribution in [1.29, 1.82) is 0 Å². The Morgan fingerprint density at radius 3 is 2.81 bits per heavy atom. The third kappa shape index (κ3) is 3.93. The minimum absolute atomic E-state index is 0.220. The molecule has 0 amide bonds. The second-order valence-corrected chi connectivity index (χ2v) is 7.82. The van der Waals surface area contributed by atoms with E-state index in [9.17, 15) is 0 Å². The van der Waals surface area contributed by atoms with E-state index in [0.717, 1.165) is 25.2 Å². The number of hydrogen-bond donors (Lipinski definition) is 0. The molecule has 9 heteroatoms. The molecule has 2 aliphatic heterocycles. The number of anilines is 1. The number of fused-ring (bicyclic) bond motifs is 1. The molecule has 0 saturated carbocycles. The number of rotatable bonds is 5. The van der Waals surface area contributed by atoms with Crippen molar-refractivity contribution in [2.75, 3.05) is 45.3 Å². The molecule has 0 N–H and O–H groups in total. The highest BCUT2D eigenvalue weighted by molar-refractivity contribution is 5.77. The van der Waals surface area contributed by atoms with Crippen LogP contribution in [0.5, 0.6) is 11.9 Å². The topological polar surface area (TPSA) is 89.6 Å². The van der Waals surface area contributed by atoms with E-state index in [2.05, 4.69) is 19.8 Å². The average Bonchev–Trinajstić information content (AvgIpc) is 3.38. The van der Waals surface area contributed by atoms with E-state index in [4.69, 9.17) is 23.9 Å². The van der Waals surface area contributed by atoms with Gasteiger partial charge in [-0.2, -0.15) is 9.97 Å². The van der Waals surface area contributed by atoms with Gasteiger partial charge in [0.2, 0.25) is 11.8 Å². The maximum absolute atomic E-state index is 5.70. The molecule has 3 aromatic rings. The number of nitrogens with zero attached hydrogens (tertiary/aromatic N) is 6. The number of methoxy groups -OCH3 is 2. The Kier molecular flexibility index (Phi) is 5.42. The molecular weight excluding hydrogens is 396 g/mol. The molecule has 0 unspecified atom stereocenters. The molecule has 2 aliphatic rings. The lowest BCUT2D eigenvalue weighted by molar-refractivity contribution is 0.133. The largest absolute Gasteiger partial charge is 0.481 e. The van der Waals surface area contributed by atoms with Crippen molar-refractivity contribution in [2.24, 2.45) is 0 Å². The maximum atomic E-state index is 5.70. The summed E-state index contributed by atoms with van der Waals surface area (Å²) in [6.45, 7) is 4.12. The van der Waals surface area contributed by atoms with E-state index < -0.39 is 0 Å². The van der Waals surface area contributed by atoms with Crippen molar-refractivity contribution in [2.45, 2.75) is 25.3 Å². The van der Waals surface area contributed by atoms with Gasteiger partial charge < -0.3 is 18.8 Å². The van der Waals surface area contributed by atoms with Crippen LogP contribution >= 0.6 is 0 Å². The molecule has 0 aliphatic carbocycles. The summed E-state index contributed by atoms with van der Waals surface area (Å²) in [6.07, 6.45) is 7.28. The van der Waals surface area contributed by atoms with Crippen molar-refractivity contribution in [3.8, 4) is 34.6 Å². The SMILES string of the molecule is COc1cc(-c2cnc(N3CCN4CCCC[C@H]4C3)nc2-c2ccco2)nc(OC)n1. The fraction of sp³-hybridized carbons (Fsp3) is 0.455. The Morgan fingerprint density at radius 2 is 2.00 bits per heavy atom. The summed E-state index contributed by atoms with van der Waals surface area (Å²) in [5.41, 5.74) is 2.02. The molecule has 9 nitrogen and oxygen atoms in total. The van der Waals surface area contributed by atoms with Crippen LogP contribution in [0.25, 0.3) is 22.7 Å². The zero-order valence-corrected chi connectivity index (χ0v) is 17.8. The van der Waals surface area contributed by atoms with E-state index in [0.29, 0.717) is 35.0 Å². The lowest BCUT2D eigenvalue weighted by Crippen LogP contribution is -2.55. The zero-order chi connectivity index (χ0) is 21.2. The van der Waals surface area contributed by atoms with Gasteiger partial charge in [0.25, 0.3) is 0 Å². The third-order valence-electron chi connectivity index (χ3n) is 6.00. The molecule has 5 heterocycles. The Labute approximate surface area is 181 Å². The molecule has 0 radical (unpaired) electrons. The lowest BCUT2D eigenvalue weighted by Gasteiger charge is -2.44. The molecule has 2 saturated heterocycles. The first kappa shape index (κ1) is 19.7. The van der Waals surface area contributed by atoms with Gasteiger partial charge in [0.15, 0.2) is 5.76 Å². The van der Waals surface area contributed by atoms with Crippen molar-refractivity contribution < 1.29 is 13.9 Å². The normalized spacial score (nSPS) is 19.2. The first-order chi connectivity index (χ1) is 15.2. The minimum Gasteiger partial charge on any atom is -0.481 e. The molecule has 31 heavy (non-hydrogen) atoms. The fourth-order valence-electron chi connectivity index (χ4n) is 4.39. The summed E-state index contributed by atoms with van der Waals surface area (Å²) in [4.78, 5) is 23.2. The Balaban J connectivity index is 1.53. The van der Waals surface area contributed by atoms with Crippen LogP contribution in [-0.2, 0) is 0 Å². The van der Waals surface area contributed by atoms with E-state index in [1.807, 2.05) is 12.1 Å². The quantitative estimate of drug-likeness (QED) is 0.615. The molecule has 0 spiro atoms. The van der Waals surface area contributed by atoms with E-state index in [-0.39, 0.29) is 6.01 Å². The highest BCUT2D eigenvalue weighted by Crippen LogP contribution is 2.33. The van der Waals surface area contributed by atoms with Crippen LogP contribution in [0.4, 0.5) is 5.95 Å². The van der Waals surface area contributed by atoms with Gasteiger partial charge in [-0.15, -0.1) is 0 Å². The third-order valence-corrected chi connectivity index (χ3v) is 6.00. The highest BCUT2D eigenvalue weighted by atomic mass is 16.5. The first-order valence-electron chi connectivity index (χ1n) is 10.6. The number of furan rings is 1. The van der Waals surface area contributed by atoms with Gasteiger partial charge in [-0.25, -0.2) is 9.97 Å². The molecule has 5 rings (SSSR count). The average molecular weight is 422 g/mol. The zero-order valence-electron chi connectivity index (χ0n) is 17.8. The van der Waals surface area contributed by atoms with Crippen LogP contribution in [0.3, 0.4) is 0 Å². The molecule has 2 fully saturated rings. The number of ether oxygens (including phenoxy) is 2. The second kappa shape index (κ2) is 8.50. The molecule has 0 bridgehead atoms. The summed E-state index contributed by atoms with van der Waals surface area (Å²) >= 11 is 0. The highest BCUT2D eigenvalue weighted by Gasteiger charge is 2.30. The van der Waals surface area contributed by atoms with Crippen LogP contribution in [0, 0.1) is 0 Å². The Hall–Kier alpha value is -3.20. The van der Waals surface area contributed by atoms with Crippen LogP contribution < -0.4 is 14.4 Å². The maximum Gasteiger partial charge on any atom is 0.320 e. The van der Waals surface area contributed by atoms with Gasteiger partial charge in [-0.1, -0.05) is 6.42 Å². The second-order valence-electron chi connectivity index (χ2n) is 7.82. The van der Waals surface area contributed by atoms with E-state index in [1.165, 1.54) is 32.9 Å². The predicted octanol–water partition coefficient (Wildman–Crippen LogP) is 2.89. The molecule has 162 valence electrons. The summed E-state index contributed by atoms with van der Waals surface area (Å²) in [7, 11) is 3.08. The monoisotopic (exact) mass is 422 g/mol. The molecular formula is C22H26N6O3. The van der Waals surface area contributed by atoms with Crippen LogP contribution in [0.1, 0.15) is 19.3 Å². The van der Waals surface area contributed by atoms with Crippen LogP contribution in [-0.4, -0.2) is 71.3 Å². The van der Waals surface area contributed by atoms with Crippen LogP contribution in [0.15, 0.2) is 35.1 Å². The van der Waals surface area contributed by atoms with Crippen molar-refractivity contribution in [1.82, 2.24) is 24.8 Å². The molecule has 0 aromatic carbocycles. The molecule has 3 aromatic heterocycles. The van der Waals surface area contributed by atoms with Crippen molar-refractivity contribution >= 4 is 5.95 Å². The van der Waals surface area contributed by atoms with Gasteiger partial charge in [0, 0.05) is 43.5 Å². The van der Waals surface area contributed by atoms with Gasteiger partial charge in [-0.3, -0.25) is 4.90 Å².